The van der Waals surface area contributed by atoms with Crippen LogP contribution >= 0.6 is 11.3 Å². The normalized spacial score (nSPS) is 15.2. The summed E-state index contributed by atoms with van der Waals surface area (Å²) in [5, 5.41) is 1.75. The number of ether oxygens (including phenoxy) is 1. The predicted molar refractivity (Wildman–Crippen MR) is 130 cm³/mol. The van der Waals surface area contributed by atoms with Gasteiger partial charge in [0.2, 0.25) is 25.5 Å². The first-order valence-electron chi connectivity index (χ1n) is 10.4. The maximum absolute atomic E-state index is 12.7. The fraction of sp³-hybridized carbons (Fsp3) is 0.381. The highest BCUT2D eigenvalue weighted by Gasteiger charge is 2.32. The number of benzene rings is 1. The minimum Gasteiger partial charge on any atom is -0.439 e. The van der Waals surface area contributed by atoms with Crippen molar-refractivity contribution in [3.8, 4) is 11.1 Å². The Balaban J connectivity index is 1.85. The van der Waals surface area contributed by atoms with Gasteiger partial charge in [-0.2, -0.15) is 3.71 Å². The quantitative estimate of drug-likeness (QED) is 0.475. The van der Waals surface area contributed by atoms with Crippen LogP contribution in [0.25, 0.3) is 21.4 Å². The van der Waals surface area contributed by atoms with Gasteiger partial charge in [0.05, 0.1) is 30.4 Å². The van der Waals surface area contributed by atoms with Crippen molar-refractivity contribution >= 4 is 53.2 Å². The van der Waals surface area contributed by atoms with Gasteiger partial charge in [-0.3, -0.25) is 4.79 Å². The molecule has 178 valence electrons. The molecule has 0 saturated carbocycles. The molecule has 0 radical (unpaired) electrons. The number of thiophene rings is 1. The molecule has 0 spiro atoms. The molecule has 12 heteroatoms. The van der Waals surface area contributed by atoms with Crippen LogP contribution in [0.15, 0.2) is 44.9 Å². The van der Waals surface area contributed by atoms with Crippen molar-refractivity contribution in [1.82, 2.24) is 0 Å². The van der Waals surface area contributed by atoms with Crippen LogP contribution in [0.3, 0.4) is 0 Å². The molecule has 0 bridgehead atoms. The Morgan fingerprint density at radius 2 is 1.70 bits per heavy atom. The van der Waals surface area contributed by atoms with Crippen LogP contribution < -0.4 is 14.0 Å². The third-order valence-corrected chi connectivity index (χ3v) is 10.6. The monoisotopic (exact) mass is 512 g/mol. The number of hydrogen-bond donors (Lipinski definition) is 0. The van der Waals surface area contributed by atoms with E-state index < -0.39 is 20.0 Å². The van der Waals surface area contributed by atoms with Crippen LogP contribution in [0.4, 0.5) is 11.6 Å². The SMILES string of the molecule is CCS(=O)(=O)N(c1cccc(-c2csc3c(=O)cc(N4CCOCC4)oc23)c1)S(=O)(=O)CC. The second-order valence-electron chi connectivity index (χ2n) is 7.40. The van der Waals surface area contributed by atoms with Crippen LogP contribution in [-0.2, 0) is 24.8 Å². The van der Waals surface area contributed by atoms with E-state index in [0.29, 0.717) is 57.3 Å². The zero-order valence-corrected chi connectivity index (χ0v) is 20.6. The van der Waals surface area contributed by atoms with E-state index in [-0.39, 0.29) is 22.6 Å². The van der Waals surface area contributed by atoms with E-state index in [0.717, 1.165) is 0 Å². The van der Waals surface area contributed by atoms with E-state index in [4.69, 9.17) is 9.15 Å². The fourth-order valence-corrected chi connectivity index (χ4v) is 7.85. The smallest absolute Gasteiger partial charge is 0.247 e. The lowest BCUT2D eigenvalue weighted by atomic mass is 10.1. The first-order chi connectivity index (χ1) is 15.7. The van der Waals surface area contributed by atoms with Gasteiger partial charge in [0.1, 0.15) is 4.70 Å². The maximum atomic E-state index is 12.7. The molecule has 33 heavy (non-hydrogen) atoms. The summed E-state index contributed by atoms with van der Waals surface area (Å²) >= 11 is 1.23. The molecule has 0 atom stereocenters. The Bertz CT molecular complexity index is 1400. The van der Waals surface area contributed by atoms with E-state index in [1.54, 1.807) is 17.5 Å². The van der Waals surface area contributed by atoms with Gasteiger partial charge in [-0.1, -0.05) is 12.1 Å². The summed E-state index contributed by atoms with van der Waals surface area (Å²) in [5.74, 6) is -0.291. The lowest BCUT2D eigenvalue weighted by Gasteiger charge is -2.27. The minimum absolute atomic E-state index is 0.0160. The number of hydrogen-bond acceptors (Lipinski definition) is 9. The lowest BCUT2D eigenvalue weighted by molar-refractivity contribution is 0.121. The van der Waals surface area contributed by atoms with Crippen LogP contribution in [0, 0.1) is 0 Å². The van der Waals surface area contributed by atoms with E-state index in [1.807, 2.05) is 4.90 Å². The van der Waals surface area contributed by atoms with E-state index in [2.05, 4.69) is 0 Å². The summed E-state index contributed by atoms with van der Waals surface area (Å²) in [7, 11) is -8.17. The number of morpholine rings is 1. The van der Waals surface area contributed by atoms with Crippen molar-refractivity contribution < 1.29 is 26.0 Å². The summed E-state index contributed by atoms with van der Waals surface area (Å²) < 4.78 is 63.0. The van der Waals surface area contributed by atoms with Crippen molar-refractivity contribution in [3.63, 3.8) is 0 Å². The van der Waals surface area contributed by atoms with Crippen molar-refractivity contribution in [2.75, 3.05) is 46.4 Å². The molecular formula is C21H24N2O7S3. The summed E-state index contributed by atoms with van der Waals surface area (Å²) in [6.07, 6.45) is 0. The molecule has 1 aliphatic heterocycles. The van der Waals surface area contributed by atoms with Crippen molar-refractivity contribution in [3.05, 3.63) is 45.9 Å². The Morgan fingerprint density at radius 1 is 1.03 bits per heavy atom. The molecule has 1 fully saturated rings. The van der Waals surface area contributed by atoms with Crippen molar-refractivity contribution in [2.24, 2.45) is 0 Å². The molecule has 0 N–H and O–H groups in total. The van der Waals surface area contributed by atoms with E-state index in [1.165, 1.54) is 43.4 Å². The van der Waals surface area contributed by atoms with Gasteiger partial charge in [0.15, 0.2) is 11.5 Å². The van der Waals surface area contributed by atoms with Gasteiger partial charge in [-0.05, 0) is 31.5 Å². The van der Waals surface area contributed by atoms with Crippen LogP contribution in [0.5, 0.6) is 0 Å². The molecule has 1 saturated heterocycles. The standard InChI is InChI=1S/C21H24N2O7S3/c1-3-32(25,26)23(33(27,28)4-2)16-7-5-6-15(12-16)17-14-31-21-18(24)13-19(30-20(17)21)22-8-10-29-11-9-22/h5-7,12-14H,3-4,8-11H2,1-2H3. The number of sulfonamides is 2. The topological polar surface area (TPSA) is 114 Å². The minimum atomic E-state index is -4.08. The first-order valence-corrected chi connectivity index (χ1v) is 14.5. The Kier molecular flexibility index (Phi) is 6.54. The zero-order valence-electron chi connectivity index (χ0n) is 18.2. The Morgan fingerprint density at radius 3 is 2.33 bits per heavy atom. The zero-order chi connectivity index (χ0) is 23.8. The number of fused-ring (bicyclic) bond motifs is 1. The summed E-state index contributed by atoms with van der Waals surface area (Å²) in [6, 6.07) is 7.70. The predicted octanol–water partition coefficient (Wildman–Crippen LogP) is 2.86. The maximum Gasteiger partial charge on any atom is 0.247 e. The van der Waals surface area contributed by atoms with Gasteiger partial charge in [0, 0.05) is 30.1 Å². The van der Waals surface area contributed by atoms with Crippen LogP contribution in [0.2, 0.25) is 0 Å². The van der Waals surface area contributed by atoms with Gasteiger partial charge in [-0.25, -0.2) is 16.8 Å². The fourth-order valence-electron chi connectivity index (χ4n) is 3.58. The van der Waals surface area contributed by atoms with Gasteiger partial charge in [0.25, 0.3) is 0 Å². The number of nitrogens with zero attached hydrogens (tertiary/aromatic N) is 2. The largest absolute Gasteiger partial charge is 0.439 e. The highest BCUT2D eigenvalue weighted by Crippen LogP contribution is 2.36. The Hall–Kier alpha value is -2.41. The molecule has 0 amide bonds. The molecular weight excluding hydrogens is 488 g/mol. The highest BCUT2D eigenvalue weighted by molar-refractivity contribution is 8.10. The number of rotatable bonds is 7. The molecule has 0 aliphatic carbocycles. The number of anilines is 2. The third kappa shape index (κ3) is 4.52. The molecule has 3 heterocycles. The molecule has 9 nitrogen and oxygen atoms in total. The van der Waals surface area contributed by atoms with Gasteiger partial charge >= 0.3 is 0 Å². The summed E-state index contributed by atoms with van der Waals surface area (Å²) in [5.41, 5.74) is 1.36. The van der Waals surface area contributed by atoms with Crippen LogP contribution in [0.1, 0.15) is 13.8 Å². The molecule has 2 aromatic heterocycles. The molecule has 1 aromatic carbocycles. The van der Waals surface area contributed by atoms with Crippen LogP contribution in [-0.4, -0.2) is 54.6 Å². The third-order valence-electron chi connectivity index (χ3n) is 5.36. The van der Waals surface area contributed by atoms with Gasteiger partial charge in [-0.15, -0.1) is 11.3 Å². The molecule has 3 aromatic rings. The van der Waals surface area contributed by atoms with Crippen molar-refractivity contribution in [2.45, 2.75) is 13.8 Å². The van der Waals surface area contributed by atoms with E-state index >= 15 is 0 Å². The summed E-state index contributed by atoms with van der Waals surface area (Å²) in [4.78, 5) is 14.7. The van der Waals surface area contributed by atoms with Gasteiger partial charge < -0.3 is 14.1 Å². The summed E-state index contributed by atoms with van der Waals surface area (Å²) in [6.45, 7) is 5.06. The Labute approximate surface area is 196 Å². The first kappa shape index (κ1) is 23.7. The highest BCUT2D eigenvalue weighted by atomic mass is 32.3. The van der Waals surface area contributed by atoms with Crippen molar-refractivity contribution in [1.29, 1.82) is 0 Å². The average molecular weight is 513 g/mol. The van der Waals surface area contributed by atoms with E-state index in [9.17, 15) is 21.6 Å². The lowest BCUT2D eigenvalue weighted by Crippen LogP contribution is -2.39. The second-order valence-corrected chi connectivity index (χ2v) is 12.7. The molecule has 1 aliphatic rings. The average Bonchev–Trinajstić information content (AvgIpc) is 3.24. The molecule has 0 unspecified atom stereocenters. The second kappa shape index (κ2) is 9.09. The molecule has 4 rings (SSSR count).